The number of hydrogen-bond donors (Lipinski definition) is 0. The fourth-order valence-corrected chi connectivity index (χ4v) is 3.53. The molecule has 1 fully saturated rings. The average Bonchev–Trinajstić information content (AvgIpc) is 2.72. The van der Waals surface area contributed by atoms with Gasteiger partial charge in [-0.05, 0) is 41.7 Å². The van der Waals surface area contributed by atoms with Crippen molar-refractivity contribution in [1.82, 2.24) is 4.90 Å². The SMILES string of the molecule is CCC(Oc1ccc(C(C)(C)C)cc1)C(=O)N1CCN(c2ccccc2)CC1. The maximum atomic E-state index is 13.0. The van der Waals surface area contributed by atoms with E-state index in [0.717, 1.165) is 31.9 Å². The van der Waals surface area contributed by atoms with E-state index in [-0.39, 0.29) is 11.3 Å². The van der Waals surface area contributed by atoms with E-state index in [4.69, 9.17) is 4.74 Å². The highest BCUT2D eigenvalue weighted by molar-refractivity contribution is 5.81. The fraction of sp³-hybridized carbons (Fsp3) is 0.458. The molecule has 1 atom stereocenters. The number of nitrogens with zero attached hydrogens (tertiary/aromatic N) is 2. The van der Waals surface area contributed by atoms with E-state index in [9.17, 15) is 4.79 Å². The molecule has 0 saturated carbocycles. The molecule has 1 aliphatic heterocycles. The molecule has 3 rings (SSSR count). The van der Waals surface area contributed by atoms with E-state index in [2.05, 4.69) is 62.1 Å². The fourth-order valence-electron chi connectivity index (χ4n) is 3.53. The average molecular weight is 381 g/mol. The molecule has 2 aromatic rings. The summed E-state index contributed by atoms with van der Waals surface area (Å²) in [6, 6.07) is 18.5. The standard InChI is InChI=1S/C24H32N2O2/c1-5-22(28-21-13-11-19(12-14-21)24(2,3)4)23(27)26-17-15-25(16-18-26)20-9-7-6-8-10-20/h6-14,22H,5,15-18H2,1-4H3. The lowest BCUT2D eigenvalue weighted by atomic mass is 9.87. The van der Waals surface area contributed by atoms with E-state index in [0.29, 0.717) is 6.42 Å². The number of piperazine rings is 1. The van der Waals surface area contributed by atoms with Gasteiger partial charge in [-0.1, -0.05) is 58.0 Å². The third-order valence-corrected chi connectivity index (χ3v) is 5.36. The number of carbonyl (C=O) groups excluding carboxylic acids is 1. The van der Waals surface area contributed by atoms with Gasteiger partial charge >= 0.3 is 0 Å². The highest BCUT2D eigenvalue weighted by Gasteiger charge is 2.28. The molecule has 0 N–H and O–H groups in total. The van der Waals surface area contributed by atoms with Crippen LogP contribution < -0.4 is 9.64 Å². The summed E-state index contributed by atoms with van der Waals surface area (Å²) in [4.78, 5) is 17.3. The highest BCUT2D eigenvalue weighted by atomic mass is 16.5. The van der Waals surface area contributed by atoms with Crippen LogP contribution in [0.15, 0.2) is 54.6 Å². The summed E-state index contributed by atoms with van der Waals surface area (Å²) < 4.78 is 6.05. The predicted octanol–water partition coefficient (Wildman–Crippen LogP) is 4.49. The summed E-state index contributed by atoms with van der Waals surface area (Å²) in [6.07, 6.45) is 0.238. The van der Waals surface area contributed by atoms with Gasteiger partial charge in [-0.15, -0.1) is 0 Å². The Kier molecular flexibility index (Phi) is 6.28. The number of rotatable bonds is 5. The summed E-state index contributed by atoms with van der Waals surface area (Å²) in [6.45, 7) is 11.8. The van der Waals surface area contributed by atoms with Crippen LogP contribution in [0.4, 0.5) is 5.69 Å². The second-order valence-electron chi connectivity index (χ2n) is 8.44. The number of benzene rings is 2. The lowest BCUT2D eigenvalue weighted by Gasteiger charge is -2.37. The zero-order valence-electron chi connectivity index (χ0n) is 17.5. The van der Waals surface area contributed by atoms with Crippen molar-refractivity contribution < 1.29 is 9.53 Å². The van der Waals surface area contributed by atoms with Crippen LogP contribution in [0.25, 0.3) is 0 Å². The Morgan fingerprint density at radius 1 is 0.964 bits per heavy atom. The van der Waals surface area contributed by atoms with Crippen molar-refractivity contribution in [3.05, 3.63) is 60.2 Å². The second-order valence-corrected chi connectivity index (χ2v) is 8.44. The number of anilines is 1. The molecule has 1 saturated heterocycles. The Bertz CT molecular complexity index is 757. The van der Waals surface area contributed by atoms with Crippen LogP contribution in [0, 0.1) is 0 Å². The van der Waals surface area contributed by atoms with Crippen LogP contribution in [0.2, 0.25) is 0 Å². The Balaban J connectivity index is 1.58. The van der Waals surface area contributed by atoms with Gasteiger partial charge in [0.25, 0.3) is 5.91 Å². The summed E-state index contributed by atoms with van der Waals surface area (Å²) in [7, 11) is 0. The van der Waals surface area contributed by atoms with Gasteiger partial charge in [0.15, 0.2) is 6.10 Å². The molecule has 0 bridgehead atoms. The first-order chi connectivity index (χ1) is 13.4. The van der Waals surface area contributed by atoms with Crippen LogP contribution in [-0.4, -0.2) is 43.1 Å². The minimum absolute atomic E-state index is 0.0927. The minimum atomic E-state index is -0.427. The molecule has 0 spiro atoms. The van der Waals surface area contributed by atoms with Crippen molar-refractivity contribution in [2.24, 2.45) is 0 Å². The molecule has 1 amide bonds. The van der Waals surface area contributed by atoms with Crippen molar-refractivity contribution in [2.75, 3.05) is 31.1 Å². The van der Waals surface area contributed by atoms with Crippen LogP contribution >= 0.6 is 0 Å². The molecule has 4 nitrogen and oxygen atoms in total. The summed E-state index contributed by atoms with van der Waals surface area (Å²) >= 11 is 0. The largest absolute Gasteiger partial charge is 0.481 e. The molecule has 150 valence electrons. The van der Waals surface area contributed by atoms with Crippen LogP contribution in [-0.2, 0) is 10.2 Å². The minimum Gasteiger partial charge on any atom is -0.481 e. The summed E-state index contributed by atoms with van der Waals surface area (Å²) in [5.41, 5.74) is 2.59. The first kappa shape index (κ1) is 20.2. The third-order valence-electron chi connectivity index (χ3n) is 5.36. The van der Waals surface area contributed by atoms with Crippen molar-refractivity contribution in [1.29, 1.82) is 0 Å². The molecule has 0 aromatic heterocycles. The molecule has 0 aliphatic carbocycles. The first-order valence-electron chi connectivity index (χ1n) is 10.2. The number of para-hydroxylation sites is 1. The molecule has 1 unspecified atom stereocenters. The van der Waals surface area contributed by atoms with E-state index >= 15 is 0 Å². The van der Waals surface area contributed by atoms with Crippen molar-refractivity contribution in [3.63, 3.8) is 0 Å². The third kappa shape index (κ3) is 4.86. The monoisotopic (exact) mass is 380 g/mol. The van der Waals surface area contributed by atoms with Crippen LogP contribution in [0.5, 0.6) is 5.75 Å². The van der Waals surface area contributed by atoms with E-state index in [1.54, 1.807) is 0 Å². The van der Waals surface area contributed by atoms with Crippen molar-refractivity contribution in [3.8, 4) is 5.75 Å². The predicted molar refractivity (Wildman–Crippen MR) is 115 cm³/mol. The molecular formula is C24H32N2O2. The Morgan fingerprint density at radius 2 is 1.57 bits per heavy atom. The van der Waals surface area contributed by atoms with Crippen LogP contribution in [0.3, 0.4) is 0 Å². The smallest absolute Gasteiger partial charge is 0.263 e. The lowest BCUT2D eigenvalue weighted by molar-refractivity contribution is -0.139. The van der Waals surface area contributed by atoms with E-state index in [1.807, 2.05) is 30.0 Å². The maximum Gasteiger partial charge on any atom is 0.263 e. The number of amides is 1. The van der Waals surface area contributed by atoms with Crippen LogP contribution in [0.1, 0.15) is 39.7 Å². The molecule has 1 aliphatic rings. The molecular weight excluding hydrogens is 348 g/mol. The topological polar surface area (TPSA) is 32.8 Å². The normalized spacial score (nSPS) is 16.0. The number of hydrogen-bond acceptors (Lipinski definition) is 3. The van der Waals surface area contributed by atoms with Gasteiger partial charge in [-0.2, -0.15) is 0 Å². The van der Waals surface area contributed by atoms with Gasteiger partial charge < -0.3 is 14.5 Å². The molecule has 4 heteroatoms. The highest BCUT2D eigenvalue weighted by Crippen LogP contribution is 2.25. The quantitative estimate of drug-likeness (QED) is 0.766. The Labute approximate surface area is 169 Å². The van der Waals surface area contributed by atoms with E-state index < -0.39 is 6.10 Å². The summed E-state index contributed by atoms with van der Waals surface area (Å²) in [5.74, 6) is 0.853. The Hall–Kier alpha value is -2.49. The zero-order valence-corrected chi connectivity index (χ0v) is 17.5. The van der Waals surface area contributed by atoms with E-state index in [1.165, 1.54) is 11.3 Å². The van der Waals surface area contributed by atoms with Gasteiger partial charge in [0, 0.05) is 31.9 Å². The zero-order chi connectivity index (χ0) is 20.1. The first-order valence-corrected chi connectivity index (χ1v) is 10.2. The molecule has 28 heavy (non-hydrogen) atoms. The molecule has 1 heterocycles. The maximum absolute atomic E-state index is 13.0. The number of ether oxygens (including phenoxy) is 1. The summed E-state index contributed by atoms with van der Waals surface area (Å²) in [5, 5.41) is 0. The Morgan fingerprint density at radius 3 is 2.11 bits per heavy atom. The van der Waals surface area contributed by atoms with Gasteiger partial charge in [0.1, 0.15) is 5.75 Å². The molecule has 0 radical (unpaired) electrons. The van der Waals surface area contributed by atoms with Gasteiger partial charge in [-0.3, -0.25) is 4.79 Å². The van der Waals surface area contributed by atoms with Crippen molar-refractivity contribution in [2.45, 2.75) is 45.6 Å². The van der Waals surface area contributed by atoms with Crippen molar-refractivity contribution >= 4 is 11.6 Å². The van der Waals surface area contributed by atoms with Gasteiger partial charge in [0.05, 0.1) is 0 Å². The second kappa shape index (κ2) is 8.68. The van der Waals surface area contributed by atoms with Gasteiger partial charge in [0.2, 0.25) is 0 Å². The van der Waals surface area contributed by atoms with Gasteiger partial charge in [-0.25, -0.2) is 0 Å². The molecule has 2 aromatic carbocycles. The number of carbonyl (C=O) groups is 1. The lowest BCUT2D eigenvalue weighted by Crippen LogP contribution is -2.52.